The summed E-state index contributed by atoms with van der Waals surface area (Å²) in [6, 6.07) is 10.00. The van der Waals surface area contributed by atoms with Gasteiger partial charge in [-0.25, -0.2) is 4.39 Å². The van der Waals surface area contributed by atoms with Gasteiger partial charge in [-0.2, -0.15) is 0 Å². The van der Waals surface area contributed by atoms with E-state index in [4.69, 9.17) is 35.4 Å². The van der Waals surface area contributed by atoms with E-state index in [1.165, 1.54) is 24.3 Å². The first kappa shape index (κ1) is 15.7. The van der Waals surface area contributed by atoms with Gasteiger partial charge in [0.05, 0.1) is 10.0 Å². The molecular formula is C14H9Cl2FN2OS. The van der Waals surface area contributed by atoms with Gasteiger partial charge >= 0.3 is 0 Å². The Morgan fingerprint density at radius 1 is 1.05 bits per heavy atom. The van der Waals surface area contributed by atoms with E-state index in [0.29, 0.717) is 21.3 Å². The van der Waals surface area contributed by atoms with Crippen molar-refractivity contribution in [3.8, 4) is 0 Å². The number of nitrogens with one attached hydrogen (secondary N) is 2. The number of carbonyl (C=O) groups is 1. The molecule has 0 aliphatic heterocycles. The van der Waals surface area contributed by atoms with Crippen molar-refractivity contribution in [2.75, 3.05) is 5.32 Å². The number of rotatable bonds is 2. The van der Waals surface area contributed by atoms with E-state index in [1.54, 1.807) is 18.2 Å². The number of hydrogen-bond acceptors (Lipinski definition) is 2. The molecule has 0 bridgehead atoms. The second-order valence-electron chi connectivity index (χ2n) is 4.04. The molecule has 0 unspecified atom stereocenters. The summed E-state index contributed by atoms with van der Waals surface area (Å²) in [5.41, 5.74) is 0.892. The zero-order valence-corrected chi connectivity index (χ0v) is 12.8. The number of amides is 1. The molecule has 7 heteroatoms. The van der Waals surface area contributed by atoms with Crippen LogP contribution in [0.5, 0.6) is 0 Å². The minimum absolute atomic E-state index is 0.0997. The second-order valence-corrected chi connectivity index (χ2v) is 5.27. The van der Waals surface area contributed by atoms with Gasteiger partial charge in [0.2, 0.25) is 0 Å². The third kappa shape index (κ3) is 4.39. The lowest BCUT2D eigenvalue weighted by molar-refractivity contribution is 0.0977. The van der Waals surface area contributed by atoms with Gasteiger partial charge in [-0.1, -0.05) is 23.2 Å². The van der Waals surface area contributed by atoms with Gasteiger partial charge < -0.3 is 5.32 Å². The SMILES string of the molecule is O=C(NC(=S)Nc1ccc(Cl)c(Cl)c1)c1ccc(F)cc1. The van der Waals surface area contributed by atoms with Crippen molar-refractivity contribution < 1.29 is 9.18 Å². The molecule has 0 fully saturated rings. The van der Waals surface area contributed by atoms with Crippen molar-refractivity contribution in [3.05, 3.63) is 63.9 Å². The third-order valence-electron chi connectivity index (χ3n) is 2.51. The van der Waals surface area contributed by atoms with E-state index in [9.17, 15) is 9.18 Å². The zero-order chi connectivity index (χ0) is 15.4. The van der Waals surface area contributed by atoms with E-state index < -0.39 is 11.7 Å². The highest BCUT2D eigenvalue weighted by Gasteiger charge is 2.08. The molecule has 0 aliphatic carbocycles. The molecule has 0 radical (unpaired) electrons. The Bertz CT molecular complexity index is 692. The highest BCUT2D eigenvalue weighted by molar-refractivity contribution is 7.80. The van der Waals surface area contributed by atoms with Crippen LogP contribution in [0, 0.1) is 5.82 Å². The molecular weight excluding hydrogens is 334 g/mol. The first-order chi connectivity index (χ1) is 9.95. The summed E-state index contributed by atoms with van der Waals surface area (Å²) in [4.78, 5) is 11.9. The second kappa shape index (κ2) is 6.85. The minimum Gasteiger partial charge on any atom is -0.332 e. The summed E-state index contributed by atoms with van der Waals surface area (Å²) >= 11 is 16.7. The smallest absolute Gasteiger partial charge is 0.257 e. The summed E-state index contributed by atoms with van der Waals surface area (Å²) in [6.45, 7) is 0. The minimum atomic E-state index is -0.437. The Morgan fingerprint density at radius 2 is 1.71 bits per heavy atom. The van der Waals surface area contributed by atoms with E-state index in [1.807, 2.05) is 0 Å². The normalized spacial score (nSPS) is 10.0. The predicted octanol–water partition coefficient (Wildman–Crippen LogP) is 4.26. The van der Waals surface area contributed by atoms with Crippen LogP contribution in [0.25, 0.3) is 0 Å². The topological polar surface area (TPSA) is 41.1 Å². The van der Waals surface area contributed by atoms with Crippen molar-refractivity contribution >= 4 is 52.1 Å². The first-order valence-electron chi connectivity index (χ1n) is 5.78. The fraction of sp³-hybridized carbons (Fsp3) is 0. The molecule has 3 nitrogen and oxygen atoms in total. The Kier molecular flexibility index (Phi) is 5.12. The maximum atomic E-state index is 12.8. The molecule has 0 heterocycles. The van der Waals surface area contributed by atoms with Gasteiger partial charge in [0.15, 0.2) is 5.11 Å². The predicted molar refractivity (Wildman–Crippen MR) is 86.5 cm³/mol. The van der Waals surface area contributed by atoms with Crippen LogP contribution in [0.1, 0.15) is 10.4 Å². The summed E-state index contributed by atoms with van der Waals surface area (Å²) in [5, 5.41) is 6.17. The van der Waals surface area contributed by atoms with Crippen molar-refractivity contribution in [3.63, 3.8) is 0 Å². The third-order valence-corrected chi connectivity index (χ3v) is 3.45. The van der Waals surface area contributed by atoms with Gasteiger partial charge in [0.25, 0.3) is 5.91 Å². The van der Waals surface area contributed by atoms with Crippen LogP contribution in [0.2, 0.25) is 10.0 Å². The Labute approximate surface area is 136 Å². The summed E-state index contributed by atoms with van der Waals surface area (Å²) in [6.07, 6.45) is 0. The van der Waals surface area contributed by atoms with Crippen molar-refractivity contribution in [1.29, 1.82) is 0 Å². The highest BCUT2D eigenvalue weighted by Crippen LogP contribution is 2.24. The number of carbonyl (C=O) groups excluding carboxylic acids is 1. The number of anilines is 1. The van der Waals surface area contributed by atoms with Crippen LogP contribution in [0.15, 0.2) is 42.5 Å². The number of hydrogen-bond donors (Lipinski definition) is 2. The van der Waals surface area contributed by atoms with E-state index in [2.05, 4.69) is 10.6 Å². The van der Waals surface area contributed by atoms with Crippen LogP contribution < -0.4 is 10.6 Å². The van der Waals surface area contributed by atoms with Gasteiger partial charge in [-0.3, -0.25) is 10.1 Å². The molecule has 2 rings (SSSR count). The van der Waals surface area contributed by atoms with Gasteiger partial charge in [-0.05, 0) is 54.7 Å². The standard InChI is InChI=1S/C14H9Cl2FN2OS/c15-11-6-5-10(7-12(11)16)18-14(21)19-13(20)8-1-3-9(17)4-2-8/h1-7H,(H2,18,19,20,21). The molecule has 21 heavy (non-hydrogen) atoms. The van der Waals surface area contributed by atoms with Crippen LogP contribution >= 0.6 is 35.4 Å². The molecule has 0 spiro atoms. The van der Waals surface area contributed by atoms with Gasteiger partial charge in [0, 0.05) is 11.3 Å². The molecule has 2 N–H and O–H groups in total. The average molecular weight is 343 g/mol. The maximum absolute atomic E-state index is 12.8. The monoisotopic (exact) mass is 342 g/mol. The Balaban J connectivity index is 1.99. The first-order valence-corrected chi connectivity index (χ1v) is 6.95. The van der Waals surface area contributed by atoms with E-state index >= 15 is 0 Å². The molecule has 0 atom stereocenters. The zero-order valence-electron chi connectivity index (χ0n) is 10.5. The van der Waals surface area contributed by atoms with Crippen LogP contribution in [0.4, 0.5) is 10.1 Å². The molecule has 0 aromatic heterocycles. The van der Waals surface area contributed by atoms with Crippen LogP contribution in [-0.4, -0.2) is 11.0 Å². The van der Waals surface area contributed by atoms with Gasteiger partial charge in [0.1, 0.15) is 5.82 Å². The fourth-order valence-corrected chi connectivity index (χ4v) is 2.02. The average Bonchev–Trinajstić information content (AvgIpc) is 2.43. The number of halogens is 3. The highest BCUT2D eigenvalue weighted by atomic mass is 35.5. The Morgan fingerprint density at radius 3 is 2.33 bits per heavy atom. The lowest BCUT2D eigenvalue weighted by Gasteiger charge is -2.10. The van der Waals surface area contributed by atoms with Crippen LogP contribution in [0.3, 0.4) is 0 Å². The van der Waals surface area contributed by atoms with Gasteiger partial charge in [-0.15, -0.1) is 0 Å². The Hall–Kier alpha value is -1.69. The maximum Gasteiger partial charge on any atom is 0.257 e. The molecule has 0 saturated heterocycles. The number of benzene rings is 2. The van der Waals surface area contributed by atoms with Crippen molar-refractivity contribution in [2.24, 2.45) is 0 Å². The quantitative estimate of drug-likeness (QED) is 0.801. The summed E-state index contributed by atoms with van der Waals surface area (Å²) in [5.74, 6) is -0.851. The lowest BCUT2D eigenvalue weighted by Crippen LogP contribution is -2.34. The van der Waals surface area contributed by atoms with Crippen LogP contribution in [-0.2, 0) is 0 Å². The molecule has 2 aromatic rings. The molecule has 1 amide bonds. The van der Waals surface area contributed by atoms with Crippen molar-refractivity contribution in [2.45, 2.75) is 0 Å². The van der Waals surface area contributed by atoms with Crippen molar-refractivity contribution in [1.82, 2.24) is 5.32 Å². The summed E-state index contributed by atoms with van der Waals surface area (Å²) in [7, 11) is 0. The molecule has 108 valence electrons. The van der Waals surface area contributed by atoms with E-state index in [0.717, 1.165) is 0 Å². The molecule has 0 saturated carbocycles. The lowest BCUT2D eigenvalue weighted by atomic mass is 10.2. The summed E-state index contributed by atoms with van der Waals surface area (Å²) < 4.78 is 12.8. The molecule has 0 aliphatic rings. The molecule has 2 aromatic carbocycles. The van der Waals surface area contributed by atoms with E-state index in [-0.39, 0.29) is 5.11 Å². The number of thiocarbonyl (C=S) groups is 1. The fourth-order valence-electron chi connectivity index (χ4n) is 1.51. The largest absolute Gasteiger partial charge is 0.332 e.